The number of methoxy groups -OCH3 is 1. The molecule has 124 valence electrons. The van der Waals surface area contributed by atoms with Crippen LogP contribution in [0.5, 0.6) is 0 Å². The van der Waals surface area contributed by atoms with Gasteiger partial charge in [0.05, 0.1) is 11.5 Å². The number of hydrogen-bond acceptors (Lipinski definition) is 6. The van der Waals surface area contributed by atoms with E-state index < -0.39 is 0 Å². The minimum absolute atomic E-state index is 0.295. The standard InChI is InChI=1S/C16H16N4O3S/c1-22-8-7-17-16(21)18-12-5-2-4-11(10-12)14-19-15(23-20-14)13-6-3-9-24-13/h2-6,9-10H,7-8H2,1H3,(H2,17,18,21). The molecule has 24 heavy (non-hydrogen) atoms. The first-order valence-corrected chi connectivity index (χ1v) is 8.16. The molecule has 2 amide bonds. The molecule has 0 saturated heterocycles. The average Bonchev–Trinajstić information content (AvgIpc) is 3.27. The van der Waals surface area contributed by atoms with E-state index in [2.05, 4.69) is 20.8 Å². The van der Waals surface area contributed by atoms with Gasteiger partial charge in [-0.1, -0.05) is 23.4 Å². The summed E-state index contributed by atoms with van der Waals surface area (Å²) in [6.45, 7) is 0.902. The molecule has 0 aliphatic carbocycles. The van der Waals surface area contributed by atoms with Gasteiger partial charge < -0.3 is 19.9 Å². The maximum absolute atomic E-state index is 11.8. The summed E-state index contributed by atoms with van der Waals surface area (Å²) >= 11 is 1.53. The number of urea groups is 1. The monoisotopic (exact) mass is 344 g/mol. The second kappa shape index (κ2) is 7.71. The van der Waals surface area contributed by atoms with E-state index >= 15 is 0 Å². The van der Waals surface area contributed by atoms with Crippen LogP contribution >= 0.6 is 11.3 Å². The first-order chi connectivity index (χ1) is 11.8. The van der Waals surface area contributed by atoms with Gasteiger partial charge in [0.25, 0.3) is 5.89 Å². The number of amides is 2. The molecule has 0 fully saturated rings. The van der Waals surface area contributed by atoms with Gasteiger partial charge in [-0.2, -0.15) is 4.98 Å². The number of rotatable bonds is 6. The molecule has 1 aromatic carbocycles. The van der Waals surface area contributed by atoms with Crippen molar-refractivity contribution in [2.75, 3.05) is 25.6 Å². The minimum atomic E-state index is -0.295. The zero-order valence-electron chi connectivity index (χ0n) is 13.0. The van der Waals surface area contributed by atoms with Crippen LogP contribution in [0.25, 0.3) is 22.2 Å². The Hall–Kier alpha value is -2.71. The van der Waals surface area contributed by atoms with Crippen LogP contribution in [0.1, 0.15) is 0 Å². The topological polar surface area (TPSA) is 89.3 Å². The van der Waals surface area contributed by atoms with Crippen molar-refractivity contribution < 1.29 is 14.1 Å². The van der Waals surface area contributed by atoms with Crippen molar-refractivity contribution in [3.8, 4) is 22.2 Å². The highest BCUT2D eigenvalue weighted by atomic mass is 32.1. The Morgan fingerprint density at radius 3 is 3.04 bits per heavy atom. The van der Waals surface area contributed by atoms with Crippen molar-refractivity contribution in [3.05, 3.63) is 41.8 Å². The highest BCUT2D eigenvalue weighted by Gasteiger charge is 2.12. The number of nitrogens with one attached hydrogen (secondary N) is 2. The van der Waals surface area contributed by atoms with Gasteiger partial charge in [-0.3, -0.25) is 0 Å². The van der Waals surface area contributed by atoms with E-state index in [-0.39, 0.29) is 6.03 Å². The second-order valence-corrected chi connectivity index (χ2v) is 5.80. The van der Waals surface area contributed by atoms with Crippen LogP contribution in [-0.2, 0) is 4.74 Å². The molecule has 2 heterocycles. The van der Waals surface area contributed by atoms with Crippen LogP contribution in [0.2, 0.25) is 0 Å². The molecule has 3 rings (SSSR count). The zero-order valence-corrected chi connectivity index (χ0v) is 13.8. The first-order valence-electron chi connectivity index (χ1n) is 7.28. The predicted octanol–water partition coefficient (Wildman–Crippen LogP) is 3.23. The number of hydrogen-bond donors (Lipinski definition) is 2. The molecule has 0 atom stereocenters. The lowest BCUT2D eigenvalue weighted by molar-refractivity contribution is 0.198. The van der Waals surface area contributed by atoms with Crippen molar-refractivity contribution >= 4 is 23.1 Å². The molecule has 0 aliphatic heterocycles. The Bertz CT molecular complexity index is 801. The summed E-state index contributed by atoms with van der Waals surface area (Å²) in [6, 6.07) is 10.8. The summed E-state index contributed by atoms with van der Waals surface area (Å²) < 4.78 is 10.2. The van der Waals surface area contributed by atoms with Crippen molar-refractivity contribution in [2.45, 2.75) is 0 Å². The molecular formula is C16H16N4O3S. The maximum atomic E-state index is 11.8. The summed E-state index contributed by atoms with van der Waals surface area (Å²) in [5.74, 6) is 0.956. The highest BCUT2D eigenvalue weighted by molar-refractivity contribution is 7.13. The smallest absolute Gasteiger partial charge is 0.319 e. The van der Waals surface area contributed by atoms with Crippen molar-refractivity contribution in [2.24, 2.45) is 0 Å². The summed E-state index contributed by atoms with van der Waals surface area (Å²) in [6.07, 6.45) is 0. The number of thiophene rings is 1. The highest BCUT2D eigenvalue weighted by Crippen LogP contribution is 2.26. The Morgan fingerprint density at radius 2 is 2.25 bits per heavy atom. The predicted molar refractivity (Wildman–Crippen MR) is 91.9 cm³/mol. The lowest BCUT2D eigenvalue weighted by Crippen LogP contribution is -2.31. The first kappa shape index (κ1) is 16.2. The molecule has 8 heteroatoms. The Balaban J connectivity index is 1.70. The molecule has 7 nitrogen and oxygen atoms in total. The fraction of sp³-hybridized carbons (Fsp3) is 0.188. The van der Waals surface area contributed by atoms with E-state index in [0.717, 1.165) is 10.4 Å². The third kappa shape index (κ3) is 3.98. The Morgan fingerprint density at radius 1 is 1.33 bits per heavy atom. The average molecular weight is 344 g/mol. The molecule has 0 spiro atoms. The molecule has 0 saturated carbocycles. The van der Waals surface area contributed by atoms with E-state index in [9.17, 15) is 4.79 Å². The van der Waals surface area contributed by atoms with Crippen LogP contribution in [0.15, 0.2) is 46.3 Å². The molecule has 3 aromatic rings. The van der Waals surface area contributed by atoms with E-state index in [1.54, 1.807) is 19.2 Å². The number of carbonyl (C=O) groups is 1. The summed E-state index contributed by atoms with van der Waals surface area (Å²) in [5, 5.41) is 11.4. The van der Waals surface area contributed by atoms with E-state index in [1.807, 2.05) is 29.6 Å². The minimum Gasteiger partial charge on any atom is -0.383 e. The number of aromatic nitrogens is 2. The maximum Gasteiger partial charge on any atom is 0.319 e. The fourth-order valence-corrected chi connectivity index (χ4v) is 2.66. The van der Waals surface area contributed by atoms with Crippen LogP contribution in [0.4, 0.5) is 10.5 Å². The van der Waals surface area contributed by atoms with Crippen LogP contribution in [-0.4, -0.2) is 36.4 Å². The van der Waals surface area contributed by atoms with Gasteiger partial charge in [0.1, 0.15) is 0 Å². The van der Waals surface area contributed by atoms with Crippen molar-refractivity contribution in [3.63, 3.8) is 0 Å². The van der Waals surface area contributed by atoms with Gasteiger partial charge in [-0.05, 0) is 23.6 Å². The number of ether oxygens (including phenoxy) is 1. The fourth-order valence-electron chi connectivity index (χ4n) is 2.02. The van der Waals surface area contributed by atoms with Gasteiger partial charge in [0, 0.05) is 24.9 Å². The molecule has 0 unspecified atom stereocenters. The zero-order chi connectivity index (χ0) is 16.8. The van der Waals surface area contributed by atoms with Gasteiger partial charge >= 0.3 is 6.03 Å². The van der Waals surface area contributed by atoms with Crippen molar-refractivity contribution in [1.29, 1.82) is 0 Å². The lowest BCUT2D eigenvalue weighted by atomic mass is 10.2. The van der Waals surface area contributed by atoms with Crippen LogP contribution in [0, 0.1) is 0 Å². The Kier molecular flexibility index (Phi) is 5.19. The van der Waals surface area contributed by atoms with Gasteiger partial charge in [0.2, 0.25) is 5.82 Å². The van der Waals surface area contributed by atoms with Crippen LogP contribution < -0.4 is 10.6 Å². The normalized spacial score (nSPS) is 10.5. The Labute approximate surface area is 142 Å². The summed E-state index contributed by atoms with van der Waals surface area (Å²) in [4.78, 5) is 17.1. The van der Waals surface area contributed by atoms with E-state index in [1.165, 1.54) is 11.3 Å². The second-order valence-electron chi connectivity index (χ2n) is 4.85. The molecule has 0 aliphatic rings. The lowest BCUT2D eigenvalue weighted by Gasteiger charge is -2.07. The number of nitrogens with zero attached hydrogens (tertiary/aromatic N) is 2. The van der Waals surface area contributed by atoms with Crippen LogP contribution in [0.3, 0.4) is 0 Å². The number of benzene rings is 1. The van der Waals surface area contributed by atoms with Gasteiger partial charge in [-0.25, -0.2) is 4.79 Å². The largest absolute Gasteiger partial charge is 0.383 e. The molecule has 0 radical (unpaired) electrons. The van der Waals surface area contributed by atoms with Gasteiger partial charge in [0.15, 0.2) is 0 Å². The number of carbonyl (C=O) groups excluding carboxylic acids is 1. The molecule has 2 N–H and O–H groups in total. The van der Waals surface area contributed by atoms with E-state index in [0.29, 0.717) is 30.6 Å². The third-order valence-corrected chi connectivity index (χ3v) is 3.99. The molecule has 2 aromatic heterocycles. The van der Waals surface area contributed by atoms with Crippen molar-refractivity contribution in [1.82, 2.24) is 15.5 Å². The number of anilines is 1. The third-order valence-electron chi connectivity index (χ3n) is 3.13. The summed E-state index contributed by atoms with van der Waals surface area (Å²) in [7, 11) is 1.58. The quantitative estimate of drug-likeness (QED) is 0.670. The summed E-state index contributed by atoms with van der Waals surface area (Å²) in [5.41, 5.74) is 1.40. The molecular weight excluding hydrogens is 328 g/mol. The SMILES string of the molecule is COCCNC(=O)Nc1cccc(-c2noc(-c3cccs3)n2)c1. The van der Waals surface area contributed by atoms with Gasteiger partial charge in [-0.15, -0.1) is 11.3 Å². The van der Waals surface area contributed by atoms with E-state index in [4.69, 9.17) is 9.26 Å². The molecule has 0 bridgehead atoms.